The molecule has 0 amide bonds. The van der Waals surface area contributed by atoms with Crippen LogP contribution in [0.1, 0.15) is 24.8 Å². The molecule has 94 valence electrons. The third-order valence-electron chi connectivity index (χ3n) is 3.16. The third-order valence-corrected chi connectivity index (χ3v) is 3.16. The summed E-state index contributed by atoms with van der Waals surface area (Å²) in [4.78, 5) is 0. The van der Waals surface area contributed by atoms with Crippen molar-refractivity contribution >= 4 is 0 Å². The van der Waals surface area contributed by atoms with Gasteiger partial charge in [-0.2, -0.15) is 8.78 Å². The van der Waals surface area contributed by atoms with Crippen molar-refractivity contribution in [2.75, 3.05) is 6.54 Å². The van der Waals surface area contributed by atoms with E-state index in [0.29, 0.717) is 6.54 Å². The van der Waals surface area contributed by atoms with Crippen molar-refractivity contribution in [1.82, 2.24) is 5.32 Å². The average molecular weight is 241 g/mol. The zero-order valence-corrected chi connectivity index (χ0v) is 9.66. The van der Waals surface area contributed by atoms with E-state index in [0.717, 1.165) is 18.0 Å². The number of ether oxygens (including phenoxy) is 1. The summed E-state index contributed by atoms with van der Waals surface area (Å²) in [5, 5.41) is 3.29. The first-order valence-corrected chi connectivity index (χ1v) is 5.99. The number of nitrogens with one attached hydrogen (secondary N) is 1. The molecule has 0 atom stereocenters. The van der Waals surface area contributed by atoms with Crippen LogP contribution in [0.3, 0.4) is 0 Å². The molecule has 1 aliphatic carbocycles. The van der Waals surface area contributed by atoms with Crippen LogP contribution in [-0.2, 0) is 6.54 Å². The molecule has 1 aromatic rings. The third kappa shape index (κ3) is 3.66. The Kier molecular flexibility index (Phi) is 4.31. The molecule has 1 fully saturated rings. The Balaban J connectivity index is 1.85. The van der Waals surface area contributed by atoms with Gasteiger partial charge in [0.15, 0.2) is 0 Å². The first kappa shape index (κ1) is 12.3. The second-order valence-corrected chi connectivity index (χ2v) is 4.41. The Morgan fingerprint density at radius 3 is 2.71 bits per heavy atom. The van der Waals surface area contributed by atoms with E-state index in [9.17, 15) is 8.78 Å². The van der Waals surface area contributed by atoms with E-state index in [1.54, 1.807) is 12.1 Å². The molecule has 17 heavy (non-hydrogen) atoms. The fraction of sp³-hybridized carbons (Fsp3) is 0.538. The van der Waals surface area contributed by atoms with Gasteiger partial charge in [-0.05, 0) is 31.4 Å². The molecule has 1 N–H and O–H groups in total. The monoisotopic (exact) mass is 241 g/mol. The van der Waals surface area contributed by atoms with E-state index in [4.69, 9.17) is 0 Å². The van der Waals surface area contributed by atoms with E-state index >= 15 is 0 Å². The summed E-state index contributed by atoms with van der Waals surface area (Å²) in [7, 11) is 0. The maximum absolute atomic E-state index is 12.2. The van der Waals surface area contributed by atoms with Gasteiger partial charge in [-0.3, -0.25) is 0 Å². The van der Waals surface area contributed by atoms with Crippen molar-refractivity contribution in [3.8, 4) is 5.75 Å². The number of hydrogen-bond acceptors (Lipinski definition) is 2. The highest BCUT2D eigenvalue weighted by atomic mass is 19.3. The molecule has 1 saturated carbocycles. The molecule has 0 aromatic heterocycles. The molecule has 0 radical (unpaired) electrons. The van der Waals surface area contributed by atoms with Crippen molar-refractivity contribution in [2.45, 2.75) is 32.4 Å². The molecular weight excluding hydrogens is 224 g/mol. The van der Waals surface area contributed by atoms with E-state index in [1.165, 1.54) is 19.3 Å². The van der Waals surface area contributed by atoms with Crippen LogP contribution in [0.15, 0.2) is 24.3 Å². The molecule has 0 spiro atoms. The number of halogens is 2. The molecule has 0 aliphatic heterocycles. The van der Waals surface area contributed by atoms with Gasteiger partial charge < -0.3 is 10.1 Å². The van der Waals surface area contributed by atoms with Gasteiger partial charge in [0.05, 0.1) is 0 Å². The van der Waals surface area contributed by atoms with E-state index in [2.05, 4.69) is 10.1 Å². The van der Waals surface area contributed by atoms with Crippen molar-refractivity contribution in [1.29, 1.82) is 0 Å². The van der Waals surface area contributed by atoms with Crippen LogP contribution < -0.4 is 10.1 Å². The largest absolute Gasteiger partial charge is 0.434 e. The fourth-order valence-corrected chi connectivity index (χ4v) is 1.97. The second-order valence-electron chi connectivity index (χ2n) is 4.41. The van der Waals surface area contributed by atoms with Crippen molar-refractivity contribution in [3.05, 3.63) is 29.8 Å². The number of benzene rings is 1. The molecule has 0 bridgehead atoms. The topological polar surface area (TPSA) is 21.3 Å². The Labute approximate surface area is 100.0 Å². The van der Waals surface area contributed by atoms with Crippen LogP contribution in [0.25, 0.3) is 0 Å². The predicted molar refractivity (Wildman–Crippen MR) is 62.1 cm³/mol. The summed E-state index contributed by atoms with van der Waals surface area (Å²) < 4.78 is 28.8. The minimum absolute atomic E-state index is 0.267. The molecule has 2 rings (SSSR count). The highest BCUT2D eigenvalue weighted by Crippen LogP contribution is 2.25. The van der Waals surface area contributed by atoms with Gasteiger partial charge in [-0.25, -0.2) is 0 Å². The molecule has 1 aliphatic rings. The zero-order valence-electron chi connectivity index (χ0n) is 9.66. The Morgan fingerprint density at radius 2 is 2.06 bits per heavy atom. The lowest BCUT2D eigenvalue weighted by Gasteiger charge is -2.25. The van der Waals surface area contributed by atoms with Crippen molar-refractivity contribution in [3.63, 3.8) is 0 Å². The lowest BCUT2D eigenvalue weighted by molar-refractivity contribution is -0.0505. The first-order chi connectivity index (χ1) is 8.25. The average Bonchev–Trinajstić information content (AvgIpc) is 2.23. The van der Waals surface area contributed by atoms with Gasteiger partial charge >= 0.3 is 6.61 Å². The lowest BCUT2D eigenvalue weighted by atomic mass is 9.85. The van der Waals surface area contributed by atoms with Crippen LogP contribution in [0.2, 0.25) is 0 Å². The Hall–Kier alpha value is -1.16. The van der Waals surface area contributed by atoms with E-state index in [-0.39, 0.29) is 5.75 Å². The minimum Gasteiger partial charge on any atom is -0.434 e. The fourth-order valence-electron chi connectivity index (χ4n) is 1.97. The van der Waals surface area contributed by atoms with Gasteiger partial charge in [-0.15, -0.1) is 0 Å². The van der Waals surface area contributed by atoms with E-state index in [1.807, 2.05) is 12.1 Å². The number of alkyl halides is 2. The minimum atomic E-state index is -2.76. The highest BCUT2D eigenvalue weighted by molar-refractivity contribution is 5.33. The Bertz CT molecular complexity index is 353. The highest BCUT2D eigenvalue weighted by Gasteiger charge is 2.16. The van der Waals surface area contributed by atoms with Crippen LogP contribution in [0, 0.1) is 5.92 Å². The number of para-hydroxylation sites is 1. The first-order valence-electron chi connectivity index (χ1n) is 5.99. The SMILES string of the molecule is FC(F)Oc1ccccc1CNCC1CCC1. The van der Waals surface area contributed by atoms with Crippen molar-refractivity contribution in [2.24, 2.45) is 5.92 Å². The predicted octanol–water partition coefficient (Wildman–Crippen LogP) is 3.18. The summed E-state index contributed by atoms with van der Waals surface area (Å²) in [6, 6.07) is 6.92. The summed E-state index contributed by atoms with van der Waals surface area (Å²) in [6.07, 6.45) is 3.88. The summed E-state index contributed by atoms with van der Waals surface area (Å²) in [5.74, 6) is 1.03. The molecule has 0 heterocycles. The molecule has 1 aromatic carbocycles. The maximum Gasteiger partial charge on any atom is 0.387 e. The number of hydrogen-bond donors (Lipinski definition) is 1. The van der Waals surface area contributed by atoms with Gasteiger partial charge in [0.25, 0.3) is 0 Å². The van der Waals surface area contributed by atoms with Crippen LogP contribution in [-0.4, -0.2) is 13.2 Å². The van der Waals surface area contributed by atoms with Gasteiger partial charge in [0.1, 0.15) is 5.75 Å². The quantitative estimate of drug-likeness (QED) is 0.826. The van der Waals surface area contributed by atoms with Crippen LogP contribution in [0.5, 0.6) is 5.75 Å². The summed E-state index contributed by atoms with van der Waals surface area (Å²) >= 11 is 0. The standard InChI is InChI=1S/C13H17F2NO/c14-13(15)17-12-7-2-1-6-11(12)9-16-8-10-4-3-5-10/h1-2,6-7,10,13,16H,3-5,8-9H2. The second kappa shape index (κ2) is 5.96. The van der Waals surface area contributed by atoms with Gasteiger partial charge in [0.2, 0.25) is 0 Å². The van der Waals surface area contributed by atoms with Gasteiger partial charge in [-0.1, -0.05) is 24.6 Å². The van der Waals surface area contributed by atoms with Crippen molar-refractivity contribution < 1.29 is 13.5 Å². The summed E-state index contributed by atoms with van der Waals surface area (Å²) in [6.45, 7) is -1.22. The van der Waals surface area contributed by atoms with Gasteiger partial charge in [0, 0.05) is 12.1 Å². The summed E-state index contributed by atoms with van der Waals surface area (Å²) in [5.41, 5.74) is 0.784. The molecule has 4 heteroatoms. The Morgan fingerprint density at radius 1 is 1.29 bits per heavy atom. The normalized spacial score (nSPS) is 15.9. The number of rotatable bonds is 6. The molecular formula is C13H17F2NO. The molecule has 0 unspecified atom stereocenters. The van der Waals surface area contributed by atoms with E-state index < -0.39 is 6.61 Å². The maximum atomic E-state index is 12.2. The smallest absolute Gasteiger partial charge is 0.387 e. The lowest BCUT2D eigenvalue weighted by Crippen LogP contribution is -2.27. The molecule has 0 saturated heterocycles. The molecule has 2 nitrogen and oxygen atoms in total. The van der Waals surface area contributed by atoms with Crippen LogP contribution in [0.4, 0.5) is 8.78 Å². The zero-order chi connectivity index (χ0) is 12.1. The van der Waals surface area contributed by atoms with Crippen LogP contribution >= 0.6 is 0 Å².